The molecule has 0 bridgehead atoms. The fraction of sp³-hybridized carbons (Fsp3) is 0.125. The smallest absolute Gasteiger partial charge is 0.222 e. The van der Waals surface area contributed by atoms with E-state index in [0.29, 0.717) is 15.7 Å². The van der Waals surface area contributed by atoms with Crippen molar-refractivity contribution in [2.24, 2.45) is 10.8 Å². The van der Waals surface area contributed by atoms with Crippen molar-refractivity contribution < 1.29 is 9.94 Å². The van der Waals surface area contributed by atoms with Gasteiger partial charge in [-0.3, -0.25) is 10.6 Å². The summed E-state index contributed by atoms with van der Waals surface area (Å²) in [5.41, 5.74) is 9.01. The van der Waals surface area contributed by atoms with Gasteiger partial charge < -0.3 is 5.73 Å². The number of amidine groups is 1. The maximum atomic E-state index is 8.99. The van der Waals surface area contributed by atoms with E-state index < -0.39 is 0 Å². The SMILES string of the molecule is CSC(=S)N/N=C(\N)c1cc[n+](O)cc1. The van der Waals surface area contributed by atoms with Crippen LogP contribution < -0.4 is 15.9 Å². The molecule has 0 spiro atoms. The average Bonchev–Trinajstić information content (AvgIpc) is 2.26. The summed E-state index contributed by atoms with van der Waals surface area (Å²) in [7, 11) is 0. The third-order valence-electron chi connectivity index (χ3n) is 1.56. The molecule has 0 unspecified atom stereocenters. The van der Waals surface area contributed by atoms with E-state index in [1.54, 1.807) is 12.1 Å². The van der Waals surface area contributed by atoms with Gasteiger partial charge in [-0.2, -0.15) is 5.10 Å². The first-order chi connectivity index (χ1) is 7.13. The van der Waals surface area contributed by atoms with Crippen LogP contribution in [-0.4, -0.2) is 21.6 Å². The van der Waals surface area contributed by atoms with Crippen LogP contribution in [0.4, 0.5) is 0 Å². The lowest BCUT2D eigenvalue weighted by Gasteiger charge is -2.00. The Morgan fingerprint density at radius 3 is 2.73 bits per heavy atom. The van der Waals surface area contributed by atoms with Gasteiger partial charge in [0.15, 0.2) is 10.2 Å². The fourth-order valence-electron chi connectivity index (χ4n) is 0.805. The predicted molar refractivity (Wildman–Crippen MR) is 63.8 cm³/mol. The number of nitrogens with one attached hydrogen (secondary N) is 1. The van der Waals surface area contributed by atoms with Crippen LogP contribution in [0.2, 0.25) is 0 Å². The number of rotatable bonds is 2. The Morgan fingerprint density at radius 2 is 2.20 bits per heavy atom. The van der Waals surface area contributed by atoms with Crippen molar-refractivity contribution in [1.82, 2.24) is 5.43 Å². The van der Waals surface area contributed by atoms with E-state index in [-0.39, 0.29) is 0 Å². The van der Waals surface area contributed by atoms with Gasteiger partial charge in [-0.05, 0) is 6.26 Å². The molecule has 0 fully saturated rings. The molecular formula is C8H11N4OS2+. The van der Waals surface area contributed by atoms with Crippen molar-refractivity contribution in [3.63, 3.8) is 0 Å². The zero-order valence-electron chi connectivity index (χ0n) is 8.04. The molecule has 0 aromatic carbocycles. The van der Waals surface area contributed by atoms with Crippen LogP contribution in [0.25, 0.3) is 0 Å². The highest BCUT2D eigenvalue weighted by atomic mass is 32.2. The third kappa shape index (κ3) is 3.72. The molecule has 1 aromatic rings. The summed E-state index contributed by atoms with van der Waals surface area (Å²) in [4.78, 5) is 0. The lowest BCUT2D eigenvalue weighted by molar-refractivity contribution is -0.904. The topological polar surface area (TPSA) is 74.5 Å². The average molecular weight is 243 g/mol. The summed E-state index contributed by atoms with van der Waals surface area (Å²) in [6, 6.07) is 3.28. The Bertz CT molecular complexity index is 377. The van der Waals surface area contributed by atoms with Crippen LogP contribution in [0.1, 0.15) is 5.56 Å². The first-order valence-corrected chi connectivity index (χ1v) is 5.65. The molecule has 0 aliphatic heterocycles. The van der Waals surface area contributed by atoms with Crippen molar-refractivity contribution in [1.29, 1.82) is 0 Å². The maximum absolute atomic E-state index is 8.99. The first kappa shape index (κ1) is 11.7. The fourth-order valence-corrected chi connectivity index (χ4v) is 0.988. The molecule has 0 atom stereocenters. The molecule has 5 nitrogen and oxygen atoms in total. The molecule has 0 amide bonds. The van der Waals surface area contributed by atoms with E-state index in [2.05, 4.69) is 10.5 Å². The Balaban J connectivity index is 2.71. The minimum atomic E-state index is 0.312. The van der Waals surface area contributed by atoms with Gasteiger partial charge in [0.1, 0.15) is 0 Å². The zero-order valence-corrected chi connectivity index (χ0v) is 9.68. The van der Waals surface area contributed by atoms with Crippen LogP contribution in [0.15, 0.2) is 29.6 Å². The second-order valence-corrected chi connectivity index (χ2v) is 4.05. The van der Waals surface area contributed by atoms with E-state index in [9.17, 15) is 0 Å². The zero-order chi connectivity index (χ0) is 11.3. The first-order valence-electron chi connectivity index (χ1n) is 4.01. The Morgan fingerprint density at radius 1 is 1.60 bits per heavy atom. The number of hydrazone groups is 1. The lowest BCUT2D eigenvalue weighted by atomic mass is 10.2. The van der Waals surface area contributed by atoms with Crippen LogP contribution >= 0.6 is 24.0 Å². The molecule has 1 rings (SSSR count). The summed E-state index contributed by atoms with van der Waals surface area (Å²) >= 11 is 6.27. The van der Waals surface area contributed by atoms with E-state index >= 15 is 0 Å². The maximum Gasteiger partial charge on any atom is 0.222 e. The lowest BCUT2D eigenvalue weighted by Crippen LogP contribution is -2.29. The van der Waals surface area contributed by atoms with Crippen molar-refractivity contribution >= 4 is 34.1 Å². The highest BCUT2D eigenvalue weighted by molar-refractivity contribution is 8.22. The third-order valence-corrected chi connectivity index (χ3v) is 2.62. The Hall–Kier alpha value is -1.34. The number of nitrogens with two attached hydrogens (primary N) is 1. The normalized spacial score (nSPS) is 11.1. The molecule has 1 heterocycles. The number of nitrogens with zero attached hydrogens (tertiary/aromatic N) is 2. The molecule has 0 radical (unpaired) electrons. The van der Waals surface area contributed by atoms with Crippen LogP contribution in [0.3, 0.4) is 0 Å². The molecule has 0 aliphatic carbocycles. The predicted octanol–water partition coefficient (Wildman–Crippen LogP) is 0.0692. The monoisotopic (exact) mass is 243 g/mol. The van der Waals surface area contributed by atoms with E-state index in [0.717, 1.165) is 4.73 Å². The number of thiocarbonyl (C=S) groups is 1. The molecule has 4 N–H and O–H groups in total. The summed E-state index contributed by atoms with van der Waals surface area (Å²) in [5, 5.41) is 12.9. The molecule has 0 saturated heterocycles. The van der Waals surface area contributed by atoms with Crippen molar-refractivity contribution in [3.05, 3.63) is 30.1 Å². The number of hydrogen-bond donors (Lipinski definition) is 3. The number of aromatic nitrogens is 1. The van der Waals surface area contributed by atoms with Crippen molar-refractivity contribution in [2.45, 2.75) is 0 Å². The largest absolute Gasteiger partial charge is 0.382 e. The van der Waals surface area contributed by atoms with Gasteiger partial charge in [0.2, 0.25) is 12.4 Å². The number of pyridine rings is 1. The van der Waals surface area contributed by atoms with Gasteiger partial charge in [-0.25, -0.2) is 0 Å². The Kier molecular flexibility index (Phi) is 4.32. The highest BCUT2D eigenvalue weighted by Crippen LogP contribution is 1.96. The molecule has 15 heavy (non-hydrogen) atoms. The number of thioether (sulfide) groups is 1. The standard InChI is InChI=1S/C8H10N4OS2/c1-15-8(14)11-10-7(9)6-2-4-12(13)5-3-6/h2-5,13H,9H2,1H3/p+1. The van der Waals surface area contributed by atoms with E-state index in [1.807, 2.05) is 6.26 Å². The van der Waals surface area contributed by atoms with Crippen LogP contribution in [0, 0.1) is 0 Å². The summed E-state index contributed by atoms with van der Waals surface area (Å²) in [5.74, 6) is 0.312. The summed E-state index contributed by atoms with van der Waals surface area (Å²) < 4.78 is 1.47. The van der Waals surface area contributed by atoms with Gasteiger partial charge >= 0.3 is 0 Å². The van der Waals surface area contributed by atoms with Gasteiger partial charge in [-0.15, -0.1) is 0 Å². The van der Waals surface area contributed by atoms with Gasteiger partial charge in [0, 0.05) is 22.4 Å². The molecule has 80 valence electrons. The molecule has 7 heteroatoms. The van der Waals surface area contributed by atoms with Gasteiger partial charge in [0.05, 0.1) is 0 Å². The molecule has 0 saturated carbocycles. The summed E-state index contributed by atoms with van der Waals surface area (Å²) in [6.45, 7) is 0. The van der Waals surface area contributed by atoms with Gasteiger partial charge in [-0.1, -0.05) is 24.0 Å². The van der Waals surface area contributed by atoms with Crippen molar-refractivity contribution in [2.75, 3.05) is 6.26 Å². The Labute approximate surface area is 96.9 Å². The number of hydrogen-bond acceptors (Lipinski definition) is 4. The molecule has 1 aromatic heterocycles. The minimum Gasteiger partial charge on any atom is -0.382 e. The second kappa shape index (κ2) is 5.52. The van der Waals surface area contributed by atoms with Crippen LogP contribution in [0.5, 0.6) is 0 Å². The van der Waals surface area contributed by atoms with E-state index in [4.69, 9.17) is 23.2 Å². The molecule has 0 aliphatic rings. The van der Waals surface area contributed by atoms with Crippen LogP contribution in [-0.2, 0) is 0 Å². The quantitative estimate of drug-likeness (QED) is 0.171. The van der Waals surface area contributed by atoms with Gasteiger partial charge in [0.25, 0.3) is 0 Å². The van der Waals surface area contributed by atoms with E-state index in [1.165, 1.54) is 24.2 Å². The highest BCUT2D eigenvalue weighted by Gasteiger charge is 2.02. The van der Waals surface area contributed by atoms with Crippen molar-refractivity contribution in [3.8, 4) is 0 Å². The summed E-state index contributed by atoms with van der Waals surface area (Å²) in [6.07, 6.45) is 4.77. The molecular weight excluding hydrogens is 232 g/mol. The second-order valence-electron chi connectivity index (χ2n) is 2.57. The minimum absolute atomic E-state index is 0.312.